The maximum Gasteiger partial charge on any atom is 0.271 e. The fourth-order valence-corrected chi connectivity index (χ4v) is 3.99. The second kappa shape index (κ2) is 7.97. The fraction of sp³-hybridized carbons (Fsp3) is 0.136. The van der Waals surface area contributed by atoms with Crippen LogP contribution in [0.1, 0.15) is 17.2 Å². The summed E-state index contributed by atoms with van der Waals surface area (Å²) in [5, 5.41) is 12.2. The minimum absolute atomic E-state index is 0.101. The second-order valence-electron chi connectivity index (χ2n) is 6.90. The number of rotatable bonds is 5. The largest absolute Gasteiger partial charge is 0.478 e. The zero-order chi connectivity index (χ0) is 21.4. The third-order valence-corrected chi connectivity index (χ3v) is 5.56. The van der Waals surface area contributed by atoms with Crippen molar-refractivity contribution in [3.05, 3.63) is 98.0 Å². The first-order valence-electron chi connectivity index (χ1n) is 9.11. The van der Waals surface area contributed by atoms with E-state index in [9.17, 15) is 14.9 Å². The van der Waals surface area contributed by atoms with E-state index < -0.39 is 17.1 Å². The van der Waals surface area contributed by atoms with Crippen LogP contribution in [0, 0.1) is 17.0 Å². The van der Waals surface area contributed by atoms with E-state index in [0.29, 0.717) is 27.0 Å². The molecule has 1 fully saturated rings. The van der Waals surface area contributed by atoms with Gasteiger partial charge in [-0.3, -0.25) is 19.8 Å². The van der Waals surface area contributed by atoms with E-state index >= 15 is 0 Å². The van der Waals surface area contributed by atoms with Gasteiger partial charge in [-0.1, -0.05) is 47.5 Å². The molecule has 1 heterocycles. The Bertz CT molecular complexity index is 1150. The molecule has 0 spiro atoms. The van der Waals surface area contributed by atoms with Crippen molar-refractivity contribution in [3.8, 4) is 5.75 Å². The zero-order valence-electron chi connectivity index (χ0n) is 15.8. The number of nitro groups is 1. The summed E-state index contributed by atoms with van der Waals surface area (Å²) in [5.41, 5.74) is 1.80. The molecule has 0 aromatic heterocycles. The summed E-state index contributed by atoms with van der Waals surface area (Å²) in [7, 11) is 0. The highest BCUT2D eigenvalue weighted by atomic mass is 35.5. The van der Waals surface area contributed by atoms with E-state index in [2.05, 4.69) is 0 Å². The fourth-order valence-electron chi connectivity index (χ4n) is 3.52. The maximum atomic E-state index is 13.1. The number of ether oxygens (including phenoxy) is 1. The van der Waals surface area contributed by atoms with Crippen LogP contribution < -0.4 is 9.64 Å². The standard InChI is InChI=1S/C22H16Cl2N2O4/c1-13-11-14(23)9-10-19(13)30-21-20(17-7-2-3-8-18(17)24)25(22(21)27)15-5-4-6-16(12-15)26(28)29/h2-12,20-21H,1H3/t20-,21+/m0/s1. The van der Waals surface area contributed by atoms with Crippen LogP contribution in [0.15, 0.2) is 66.7 Å². The molecule has 0 radical (unpaired) electrons. The topological polar surface area (TPSA) is 72.7 Å². The van der Waals surface area contributed by atoms with E-state index in [-0.39, 0.29) is 11.6 Å². The summed E-state index contributed by atoms with van der Waals surface area (Å²) in [4.78, 5) is 25.2. The van der Waals surface area contributed by atoms with Crippen LogP contribution in [-0.2, 0) is 4.79 Å². The molecular weight excluding hydrogens is 427 g/mol. The SMILES string of the molecule is Cc1cc(Cl)ccc1O[C@H]1C(=O)N(c2cccc([N+](=O)[O-])c2)[C@H]1c1ccccc1Cl. The van der Waals surface area contributed by atoms with Gasteiger partial charge >= 0.3 is 0 Å². The highest BCUT2D eigenvalue weighted by Crippen LogP contribution is 2.44. The summed E-state index contributed by atoms with van der Waals surface area (Å²) in [5.74, 6) is 0.225. The molecule has 1 aliphatic heterocycles. The molecule has 3 aromatic rings. The van der Waals surface area contributed by atoms with Gasteiger partial charge in [-0.15, -0.1) is 0 Å². The third kappa shape index (κ3) is 3.60. The lowest BCUT2D eigenvalue weighted by Crippen LogP contribution is -2.61. The molecule has 3 aromatic carbocycles. The number of carbonyl (C=O) groups excluding carboxylic acids is 1. The van der Waals surface area contributed by atoms with Crippen molar-refractivity contribution < 1.29 is 14.5 Å². The number of nitrogens with zero attached hydrogens (tertiary/aromatic N) is 2. The minimum Gasteiger partial charge on any atom is -0.478 e. The van der Waals surface area contributed by atoms with Crippen LogP contribution in [0.2, 0.25) is 10.0 Å². The molecule has 30 heavy (non-hydrogen) atoms. The summed E-state index contributed by atoms with van der Waals surface area (Å²) in [6.07, 6.45) is -0.830. The van der Waals surface area contributed by atoms with Gasteiger partial charge in [0.05, 0.1) is 10.6 Å². The van der Waals surface area contributed by atoms with Crippen molar-refractivity contribution in [3.63, 3.8) is 0 Å². The van der Waals surface area contributed by atoms with Crippen molar-refractivity contribution in [1.82, 2.24) is 0 Å². The molecule has 2 atom stereocenters. The molecule has 1 amide bonds. The van der Waals surface area contributed by atoms with Gasteiger partial charge in [-0.25, -0.2) is 0 Å². The average Bonchev–Trinajstić information content (AvgIpc) is 2.72. The highest BCUT2D eigenvalue weighted by Gasteiger charge is 2.52. The van der Waals surface area contributed by atoms with E-state index in [1.807, 2.05) is 19.1 Å². The van der Waals surface area contributed by atoms with Gasteiger partial charge < -0.3 is 4.74 Å². The number of benzene rings is 3. The Kier molecular flexibility index (Phi) is 5.37. The first kappa shape index (κ1) is 20.2. The van der Waals surface area contributed by atoms with Crippen LogP contribution in [0.3, 0.4) is 0 Å². The molecule has 6 nitrogen and oxygen atoms in total. The van der Waals surface area contributed by atoms with Crippen molar-refractivity contribution in [2.45, 2.75) is 19.1 Å². The Morgan fingerprint density at radius 3 is 2.50 bits per heavy atom. The van der Waals surface area contributed by atoms with E-state index in [4.69, 9.17) is 27.9 Å². The number of β-lactam (4-membered cyclic amide) rings is 1. The van der Waals surface area contributed by atoms with Crippen LogP contribution in [-0.4, -0.2) is 16.9 Å². The van der Waals surface area contributed by atoms with Gasteiger partial charge in [-0.05, 0) is 48.4 Å². The quantitative estimate of drug-likeness (QED) is 0.286. The number of hydrogen-bond acceptors (Lipinski definition) is 4. The third-order valence-electron chi connectivity index (χ3n) is 4.98. The lowest BCUT2D eigenvalue weighted by molar-refractivity contribution is -0.384. The van der Waals surface area contributed by atoms with Gasteiger partial charge in [0.2, 0.25) is 6.10 Å². The number of nitro benzene ring substituents is 1. The minimum atomic E-state index is -0.830. The number of aryl methyl sites for hydroxylation is 1. The molecule has 1 saturated heterocycles. The van der Waals surface area contributed by atoms with Gasteiger partial charge in [-0.2, -0.15) is 0 Å². The van der Waals surface area contributed by atoms with Crippen LogP contribution in [0.5, 0.6) is 5.75 Å². The Hall–Kier alpha value is -3.09. The number of amides is 1. The van der Waals surface area contributed by atoms with Gasteiger partial charge in [0.25, 0.3) is 11.6 Å². The van der Waals surface area contributed by atoms with Crippen LogP contribution in [0.4, 0.5) is 11.4 Å². The summed E-state index contributed by atoms with van der Waals surface area (Å²) < 4.78 is 6.06. The van der Waals surface area contributed by atoms with Gasteiger partial charge in [0.15, 0.2) is 0 Å². The summed E-state index contributed by atoms with van der Waals surface area (Å²) in [6.45, 7) is 1.84. The van der Waals surface area contributed by atoms with Crippen molar-refractivity contribution >= 4 is 40.5 Å². The number of halogens is 2. The van der Waals surface area contributed by atoms with E-state index in [0.717, 1.165) is 5.56 Å². The summed E-state index contributed by atoms with van der Waals surface area (Å²) >= 11 is 12.4. The molecule has 0 unspecified atom stereocenters. The Morgan fingerprint density at radius 1 is 1.03 bits per heavy atom. The van der Waals surface area contributed by atoms with Crippen molar-refractivity contribution in [2.75, 3.05) is 4.90 Å². The highest BCUT2D eigenvalue weighted by molar-refractivity contribution is 6.31. The predicted octanol–water partition coefficient (Wildman–Crippen LogP) is 5.75. The molecule has 152 valence electrons. The lowest BCUT2D eigenvalue weighted by Gasteiger charge is -2.47. The van der Waals surface area contributed by atoms with Crippen molar-refractivity contribution in [2.24, 2.45) is 0 Å². The molecule has 1 aliphatic rings. The monoisotopic (exact) mass is 442 g/mol. The zero-order valence-corrected chi connectivity index (χ0v) is 17.3. The Balaban J connectivity index is 1.74. The Labute approximate surface area is 182 Å². The smallest absolute Gasteiger partial charge is 0.271 e. The van der Waals surface area contributed by atoms with Crippen LogP contribution >= 0.6 is 23.2 Å². The van der Waals surface area contributed by atoms with Gasteiger partial charge in [0, 0.05) is 22.2 Å². The number of carbonyl (C=O) groups is 1. The molecule has 0 saturated carbocycles. The normalized spacial score (nSPS) is 18.1. The summed E-state index contributed by atoms with van der Waals surface area (Å²) in [6, 6.07) is 17.7. The van der Waals surface area contributed by atoms with Gasteiger partial charge in [0.1, 0.15) is 11.8 Å². The molecule has 0 aliphatic carbocycles. The molecule has 4 rings (SSSR count). The molecule has 0 N–H and O–H groups in total. The predicted molar refractivity (Wildman–Crippen MR) is 115 cm³/mol. The first-order valence-corrected chi connectivity index (χ1v) is 9.87. The number of anilines is 1. The lowest BCUT2D eigenvalue weighted by atomic mass is 9.89. The molecule has 8 heteroatoms. The first-order chi connectivity index (χ1) is 14.4. The molecular formula is C22H16Cl2N2O4. The molecule has 0 bridgehead atoms. The number of hydrogen-bond donors (Lipinski definition) is 0. The van der Waals surface area contributed by atoms with Crippen LogP contribution in [0.25, 0.3) is 0 Å². The van der Waals surface area contributed by atoms with E-state index in [1.165, 1.54) is 17.0 Å². The van der Waals surface area contributed by atoms with E-state index in [1.54, 1.807) is 42.5 Å². The average molecular weight is 443 g/mol. The van der Waals surface area contributed by atoms with Crippen molar-refractivity contribution in [1.29, 1.82) is 0 Å². The Morgan fingerprint density at radius 2 is 1.80 bits per heavy atom. The maximum absolute atomic E-state index is 13.1. The second-order valence-corrected chi connectivity index (χ2v) is 7.74. The number of non-ortho nitro benzene ring substituents is 1.